The molecule has 0 aliphatic heterocycles. The Hall–Kier alpha value is -3.25. The minimum absolute atomic E-state index is 0.0145. The molecule has 2 bridgehead atoms. The molecule has 29 heavy (non-hydrogen) atoms. The van der Waals surface area contributed by atoms with Gasteiger partial charge in [0.25, 0.3) is 0 Å². The Balaban J connectivity index is 1.91. The molecule has 1 aromatic carbocycles. The van der Waals surface area contributed by atoms with Gasteiger partial charge in [-0.1, -0.05) is 45.9 Å². The fourth-order valence-corrected chi connectivity index (χ4v) is 5.32. The van der Waals surface area contributed by atoms with Crippen molar-refractivity contribution in [2.45, 2.75) is 57.8 Å². The molecule has 1 N–H and O–H groups in total. The number of rotatable bonds is 3. The summed E-state index contributed by atoms with van der Waals surface area (Å²) in [6.07, 6.45) is 2.22. The van der Waals surface area contributed by atoms with Gasteiger partial charge in [-0.2, -0.15) is 10.5 Å². The first kappa shape index (κ1) is 19.1. The molecule has 0 saturated heterocycles. The lowest BCUT2D eigenvalue weighted by atomic mass is 9.63. The molecule has 1 saturated carbocycles. The number of nitriles is 2. The van der Waals surface area contributed by atoms with E-state index >= 15 is 0 Å². The number of hydrogen-bond donors (Lipinski definition) is 1. The second kappa shape index (κ2) is 6.12. The van der Waals surface area contributed by atoms with Crippen LogP contribution in [0.2, 0.25) is 0 Å². The predicted octanol–water partition coefficient (Wildman–Crippen LogP) is 3.75. The Morgan fingerprint density at radius 1 is 1.07 bits per heavy atom. The first-order chi connectivity index (χ1) is 13.8. The Labute approximate surface area is 170 Å². The smallest absolute Gasteiger partial charge is 0.237 e. The van der Waals surface area contributed by atoms with Gasteiger partial charge in [0.05, 0.1) is 16.8 Å². The van der Waals surface area contributed by atoms with E-state index in [2.05, 4.69) is 43.0 Å². The van der Waals surface area contributed by atoms with Crippen molar-refractivity contribution in [3.8, 4) is 12.1 Å². The zero-order chi connectivity index (χ0) is 21.0. The molecule has 2 aliphatic carbocycles. The molecule has 4 rings (SSSR count). The number of carbonyl (C=O) groups is 1. The molecule has 2 atom stereocenters. The van der Waals surface area contributed by atoms with Crippen LogP contribution in [0.3, 0.4) is 0 Å². The average Bonchev–Trinajstić information content (AvgIpc) is 3.02. The van der Waals surface area contributed by atoms with Gasteiger partial charge in [0.1, 0.15) is 12.1 Å². The third-order valence-electron chi connectivity index (χ3n) is 7.51. The van der Waals surface area contributed by atoms with Crippen molar-refractivity contribution in [2.24, 2.45) is 5.41 Å². The number of nitrogens with one attached hydrogen (secondary N) is 1. The first-order valence-electron chi connectivity index (χ1n) is 9.89. The Kier molecular flexibility index (Phi) is 4.03. The molecule has 2 unspecified atom stereocenters. The van der Waals surface area contributed by atoms with Crippen molar-refractivity contribution in [1.82, 2.24) is 9.97 Å². The second-order valence-electron chi connectivity index (χ2n) is 8.67. The molecule has 6 nitrogen and oxygen atoms in total. The van der Waals surface area contributed by atoms with E-state index in [9.17, 15) is 15.3 Å². The van der Waals surface area contributed by atoms with Crippen LogP contribution in [-0.4, -0.2) is 15.9 Å². The largest absolute Gasteiger partial charge is 0.325 e. The van der Waals surface area contributed by atoms with E-state index in [0.29, 0.717) is 17.8 Å². The number of nitrogens with zero attached hydrogens (tertiary/aromatic N) is 4. The number of anilines is 1. The minimum atomic E-state index is -0.898. The van der Waals surface area contributed by atoms with Crippen molar-refractivity contribution < 1.29 is 4.79 Å². The summed E-state index contributed by atoms with van der Waals surface area (Å²) in [5.74, 6) is -0.117. The maximum atomic E-state index is 13.8. The van der Waals surface area contributed by atoms with Gasteiger partial charge < -0.3 is 5.32 Å². The summed E-state index contributed by atoms with van der Waals surface area (Å²) in [7, 11) is 0. The number of benzene rings is 1. The van der Waals surface area contributed by atoms with Crippen molar-refractivity contribution in [3.63, 3.8) is 0 Å². The van der Waals surface area contributed by atoms with Crippen LogP contribution in [0.1, 0.15) is 68.9 Å². The summed E-state index contributed by atoms with van der Waals surface area (Å²) >= 11 is 0. The monoisotopic (exact) mass is 385 g/mol. The molecule has 6 heteroatoms. The lowest BCUT2D eigenvalue weighted by molar-refractivity contribution is -0.125. The third-order valence-corrected chi connectivity index (χ3v) is 7.51. The molecule has 1 aromatic heterocycles. The lowest BCUT2D eigenvalue weighted by Crippen LogP contribution is -2.48. The van der Waals surface area contributed by atoms with E-state index in [1.807, 2.05) is 36.4 Å². The van der Waals surface area contributed by atoms with Gasteiger partial charge in [-0.25, -0.2) is 9.97 Å². The van der Waals surface area contributed by atoms with E-state index in [-0.39, 0.29) is 17.3 Å². The highest BCUT2D eigenvalue weighted by molar-refractivity contribution is 6.02. The summed E-state index contributed by atoms with van der Waals surface area (Å²) in [5.41, 5.74) is 1.37. The van der Waals surface area contributed by atoms with Gasteiger partial charge in [0.15, 0.2) is 11.4 Å². The molecule has 0 spiro atoms. The first-order valence-corrected chi connectivity index (χ1v) is 9.89. The predicted molar refractivity (Wildman–Crippen MR) is 108 cm³/mol. The maximum absolute atomic E-state index is 13.8. The van der Waals surface area contributed by atoms with E-state index in [4.69, 9.17) is 0 Å². The molecular weight excluding hydrogens is 362 g/mol. The maximum Gasteiger partial charge on any atom is 0.237 e. The standard InChI is InChI=1S/C23H23N5O/c1-5-14-8-6-7-9-15(14)28-20(29)23-11-10-22(4,21(23,2)3)18-19(23)27-17(13-25)16(12-24)26-18/h6-9H,5,10-11H2,1-4H3,(H,28,29). The van der Waals surface area contributed by atoms with E-state index < -0.39 is 16.2 Å². The van der Waals surface area contributed by atoms with E-state index in [1.54, 1.807) is 0 Å². The SMILES string of the molecule is CCc1ccccc1NC(=O)C12CCC(C)(c3nc(C#N)c(C#N)nc31)C2(C)C. The van der Waals surface area contributed by atoms with Gasteiger partial charge >= 0.3 is 0 Å². The Morgan fingerprint density at radius 3 is 2.31 bits per heavy atom. The molecule has 1 fully saturated rings. The number of para-hydroxylation sites is 1. The number of hydrogen-bond acceptors (Lipinski definition) is 5. The number of carbonyl (C=O) groups excluding carboxylic acids is 1. The molecule has 146 valence electrons. The fourth-order valence-electron chi connectivity index (χ4n) is 5.32. The molecule has 2 aromatic rings. The Bertz CT molecular complexity index is 1120. The summed E-state index contributed by atoms with van der Waals surface area (Å²) < 4.78 is 0. The highest BCUT2D eigenvalue weighted by Gasteiger charge is 2.73. The Morgan fingerprint density at radius 2 is 1.69 bits per heavy atom. The van der Waals surface area contributed by atoms with Crippen LogP contribution >= 0.6 is 0 Å². The number of amides is 1. The van der Waals surface area contributed by atoms with Gasteiger partial charge in [-0.15, -0.1) is 0 Å². The van der Waals surface area contributed by atoms with Crippen molar-refractivity contribution >= 4 is 11.6 Å². The summed E-state index contributed by atoms with van der Waals surface area (Å²) in [4.78, 5) is 22.9. The fraction of sp³-hybridized carbons (Fsp3) is 0.435. The lowest BCUT2D eigenvalue weighted by Gasteiger charge is -2.39. The summed E-state index contributed by atoms with van der Waals surface area (Å²) in [6.45, 7) is 8.30. The zero-order valence-electron chi connectivity index (χ0n) is 17.1. The van der Waals surface area contributed by atoms with E-state index in [1.165, 1.54) is 0 Å². The molecule has 1 amide bonds. The van der Waals surface area contributed by atoms with Gasteiger partial charge in [0, 0.05) is 11.1 Å². The van der Waals surface area contributed by atoms with Gasteiger partial charge in [-0.05, 0) is 36.3 Å². The number of fused-ring (bicyclic) bond motifs is 5. The van der Waals surface area contributed by atoms with Gasteiger partial charge in [0.2, 0.25) is 5.91 Å². The zero-order valence-corrected chi connectivity index (χ0v) is 17.1. The summed E-state index contributed by atoms with van der Waals surface area (Å²) in [6, 6.07) is 11.7. The van der Waals surface area contributed by atoms with Crippen LogP contribution in [0.25, 0.3) is 0 Å². The van der Waals surface area contributed by atoms with Crippen LogP contribution in [0.4, 0.5) is 5.69 Å². The van der Waals surface area contributed by atoms with Crippen LogP contribution in [0, 0.1) is 28.1 Å². The molecule has 1 heterocycles. The second-order valence-corrected chi connectivity index (χ2v) is 8.67. The van der Waals surface area contributed by atoms with Crippen LogP contribution < -0.4 is 5.32 Å². The quantitative estimate of drug-likeness (QED) is 0.867. The number of aryl methyl sites for hydroxylation is 1. The minimum Gasteiger partial charge on any atom is -0.325 e. The van der Waals surface area contributed by atoms with Gasteiger partial charge in [-0.3, -0.25) is 4.79 Å². The number of aromatic nitrogens is 2. The molecular formula is C23H23N5O. The molecule has 2 aliphatic rings. The normalized spacial score (nSPS) is 25.7. The van der Waals surface area contributed by atoms with Crippen LogP contribution in [0.15, 0.2) is 24.3 Å². The van der Waals surface area contributed by atoms with E-state index in [0.717, 1.165) is 24.1 Å². The van der Waals surface area contributed by atoms with Crippen molar-refractivity contribution in [1.29, 1.82) is 10.5 Å². The average molecular weight is 385 g/mol. The van der Waals surface area contributed by atoms with Crippen molar-refractivity contribution in [3.05, 3.63) is 52.6 Å². The highest BCUT2D eigenvalue weighted by atomic mass is 16.2. The topological polar surface area (TPSA) is 102 Å². The van der Waals surface area contributed by atoms with Crippen LogP contribution in [-0.2, 0) is 22.0 Å². The summed E-state index contributed by atoms with van der Waals surface area (Å²) in [5, 5.41) is 22.0. The highest BCUT2D eigenvalue weighted by Crippen LogP contribution is 2.70. The van der Waals surface area contributed by atoms with Crippen molar-refractivity contribution in [2.75, 3.05) is 5.32 Å². The third kappa shape index (κ3) is 2.17. The molecule has 0 radical (unpaired) electrons. The van der Waals surface area contributed by atoms with Crippen LogP contribution in [0.5, 0.6) is 0 Å².